The van der Waals surface area contributed by atoms with E-state index in [2.05, 4.69) is 25.9 Å². The van der Waals surface area contributed by atoms with Gasteiger partial charge in [-0.15, -0.1) is 0 Å². The summed E-state index contributed by atoms with van der Waals surface area (Å²) in [5.74, 6) is -3.16. The number of nitrogens with two attached hydrogens (primary N) is 1. The number of rotatable bonds is 10. The first-order chi connectivity index (χ1) is 33.3. The highest BCUT2D eigenvalue weighted by molar-refractivity contribution is 9.10. The maximum atomic E-state index is 14.7. The van der Waals surface area contributed by atoms with Gasteiger partial charge in [-0.3, -0.25) is 14.6 Å². The first kappa shape index (κ1) is 54.0. The fraction of sp³-hybridized carbons (Fsp3) is 0.224. The van der Waals surface area contributed by atoms with Crippen LogP contribution in [-0.2, 0) is 74.0 Å². The van der Waals surface area contributed by atoms with Gasteiger partial charge in [-0.25, -0.2) is 40.2 Å². The van der Waals surface area contributed by atoms with Crippen LogP contribution in [0.3, 0.4) is 0 Å². The number of carbonyl (C=O) groups excluding carboxylic acids is 2. The molecule has 0 unspecified atom stereocenters. The van der Waals surface area contributed by atoms with Crippen molar-refractivity contribution in [2.24, 2.45) is 14.1 Å². The zero-order chi connectivity index (χ0) is 52.3. The number of hydrogen-bond acceptors (Lipinski definition) is 13. The number of aryl methyl sites for hydroxylation is 2. The lowest BCUT2D eigenvalue weighted by Crippen LogP contribution is -2.21. The number of nitrogens with zero attached hydrogens (tertiary/aromatic N) is 4. The third kappa shape index (κ3) is 12.8. The Labute approximate surface area is 425 Å². The molecule has 15 nitrogen and oxygen atoms in total. The highest BCUT2D eigenvalue weighted by atomic mass is 79.9. The van der Waals surface area contributed by atoms with E-state index in [9.17, 15) is 44.8 Å². The molecule has 4 heterocycles. The van der Waals surface area contributed by atoms with Gasteiger partial charge in [0.2, 0.25) is 0 Å². The number of halogens is 5. The van der Waals surface area contributed by atoms with Crippen molar-refractivity contribution in [1.82, 2.24) is 19.1 Å². The van der Waals surface area contributed by atoms with Crippen LogP contribution in [0.2, 0.25) is 10.0 Å². The molecule has 0 amide bonds. The second kappa shape index (κ2) is 22.0. The topological polar surface area (TPSA) is 217 Å². The van der Waals surface area contributed by atoms with Crippen LogP contribution >= 0.6 is 39.1 Å². The molecule has 6 aromatic rings. The summed E-state index contributed by atoms with van der Waals surface area (Å²) in [5.41, 5.74) is 12.8. The predicted molar refractivity (Wildman–Crippen MR) is 273 cm³/mol. The van der Waals surface area contributed by atoms with Gasteiger partial charge in [0.1, 0.15) is 10.4 Å². The van der Waals surface area contributed by atoms with Crippen molar-refractivity contribution in [2.45, 2.75) is 30.8 Å². The van der Waals surface area contributed by atoms with E-state index in [4.69, 9.17) is 38.4 Å². The van der Waals surface area contributed by atoms with E-state index in [1.807, 2.05) is 24.3 Å². The zero-order valence-corrected chi connectivity index (χ0v) is 43.5. The number of nitrogen functional groups attached to an aromatic ring is 1. The van der Waals surface area contributed by atoms with E-state index in [0.29, 0.717) is 73.6 Å². The van der Waals surface area contributed by atoms with E-state index < -0.39 is 49.0 Å². The zero-order valence-electron chi connectivity index (χ0n) is 38.8. The largest absolute Gasteiger partial charge is 0.465 e. The van der Waals surface area contributed by atoms with Crippen molar-refractivity contribution in [2.75, 3.05) is 32.5 Å². The second-order valence-electron chi connectivity index (χ2n) is 16.5. The Balaban J connectivity index is 0.000000202. The van der Waals surface area contributed by atoms with Crippen LogP contribution in [0.25, 0.3) is 34.4 Å². The van der Waals surface area contributed by atoms with Crippen LogP contribution in [0, 0.1) is 11.6 Å². The minimum Gasteiger partial charge on any atom is -0.465 e. The maximum absolute atomic E-state index is 14.7. The predicted octanol–water partition coefficient (Wildman–Crippen LogP) is 7.90. The van der Waals surface area contributed by atoms with Gasteiger partial charge in [0.15, 0.2) is 25.5 Å². The lowest BCUT2D eigenvalue weighted by atomic mass is 9.89. The minimum atomic E-state index is -3.51. The second-order valence-corrected chi connectivity index (χ2v) is 22.4. The fourth-order valence-corrected chi connectivity index (χ4v) is 10.1. The summed E-state index contributed by atoms with van der Waals surface area (Å²) < 4.78 is 87.8. The number of fused-ring (bicyclic) bond motifs is 2. The fourth-order valence-electron chi connectivity index (χ4n) is 7.95. The van der Waals surface area contributed by atoms with Crippen molar-refractivity contribution in [3.05, 3.63) is 176 Å². The van der Waals surface area contributed by atoms with Crippen LogP contribution in [-0.4, -0.2) is 74.6 Å². The number of sulfone groups is 2. The average molecular weight is 1120 g/mol. The Hall–Kier alpha value is -6.32. The molecule has 0 bridgehead atoms. The molecular weight excluding hydrogens is 1070 g/mol. The van der Waals surface area contributed by atoms with Gasteiger partial charge in [-0.1, -0.05) is 47.5 Å². The number of methoxy groups -OCH3 is 2. The van der Waals surface area contributed by atoms with Crippen molar-refractivity contribution in [1.29, 1.82) is 0 Å². The SMILES string of the molecule is COC(=O)c1cc(Cc2ncc(Cl)cc2F)c(-c2cn(C)c(=O)c3c2C=CC3)cc1CS(C)(=O)=O.COC(=O)c1cc(N)c(-c2cn(C)c(=O)c3c2C=CC3)cc1CS(C)(=O)=O.Fc1cc(Cl)cnc1Br. The van der Waals surface area contributed by atoms with Crippen LogP contribution in [0.5, 0.6) is 0 Å². The van der Waals surface area contributed by atoms with E-state index in [1.165, 1.54) is 53.9 Å². The van der Waals surface area contributed by atoms with Crippen molar-refractivity contribution in [3.63, 3.8) is 0 Å². The smallest absolute Gasteiger partial charge is 0.338 e. The molecule has 0 atom stereocenters. The quantitative estimate of drug-likeness (QED) is 0.0785. The summed E-state index contributed by atoms with van der Waals surface area (Å²) in [6.07, 6.45) is 16.6. The molecule has 0 aliphatic heterocycles. The number of carbonyl (C=O) groups is 2. The highest BCUT2D eigenvalue weighted by Crippen LogP contribution is 2.37. The molecule has 4 aromatic heterocycles. The Morgan fingerprint density at radius 1 is 0.690 bits per heavy atom. The van der Waals surface area contributed by atoms with Gasteiger partial charge < -0.3 is 24.3 Å². The Morgan fingerprint density at radius 2 is 1.14 bits per heavy atom. The van der Waals surface area contributed by atoms with Crippen molar-refractivity contribution in [3.8, 4) is 22.3 Å². The summed E-state index contributed by atoms with van der Waals surface area (Å²) in [6, 6.07) is 8.47. The van der Waals surface area contributed by atoms with Gasteiger partial charge >= 0.3 is 11.9 Å². The number of allylic oxidation sites excluding steroid dienone is 2. The van der Waals surface area contributed by atoms with Crippen molar-refractivity contribution >= 4 is 88.6 Å². The van der Waals surface area contributed by atoms with Crippen LogP contribution in [0.15, 0.2) is 87.5 Å². The number of esters is 2. The van der Waals surface area contributed by atoms with Gasteiger partial charge in [-0.05, 0) is 98.6 Å². The molecule has 2 N–H and O–H groups in total. The van der Waals surface area contributed by atoms with Gasteiger partial charge in [0, 0.05) is 91.3 Å². The maximum Gasteiger partial charge on any atom is 0.338 e. The number of hydrogen-bond donors (Lipinski definition) is 1. The van der Waals surface area contributed by atoms with Crippen LogP contribution in [0.1, 0.15) is 65.4 Å². The number of aromatic nitrogens is 4. The first-order valence-electron chi connectivity index (χ1n) is 21.0. The third-order valence-corrected chi connectivity index (χ3v) is 13.7. The lowest BCUT2D eigenvalue weighted by Gasteiger charge is -2.18. The summed E-state index contributed by atoms with van der Waals surface area (Å²) >= 11 is 14.1. The monoisotopic (exact) mass is 1110 g/mol. The van der Waals surface area contributed by atoms with Gasteiger partial charge in [0.05, 0.1) is 52.6 Å². The normalized spacial score (nSPS) is 12.3. The summed E-state index contributed by atoms with van der Waals surface area (Å²) in [7, 11) is -1.20. The molecule has 0 saturated carbocycles. The lowest BCUT2D eigenvalue weighted by molar-refractivity contribution is 0.0591. The Morgan fingerprint density at radius 3 is 1.59 bits per heavy atom. The number of benzene rings is 2. The van der Waals surface area contributed by atoms with Crippen molar-refractivity contribution < 1.29 is 44.7 Å². The third-order valence-electron chi connectivity index (χ3n) is 11.1. The summed E-state index contributed by atoms with van der Waals surface area (Å²) in [6.45, 7) is 0. The first-order valence-corrected chi connectivity index (χ1v) is 26.6. The molecule has 8 rings (SSSR count). The molecule has 0 radical (unpaired) electrons. The molecule has 0 fully saturated rings. The van der Waals surface area contributed by atoms with E-state index in [1.54, 1.807) is 38.6 Å². The molecule has 71 heavy (non-hydrogen) atoms. The molecule has 0 spiro atoms. The van der Waals surface area contributed by atoms with E-state index in [-0.39, 0.29) is 55.3 Å². The molecule has 2 aliphatic carbocycles. The van der Waals surface area contributed by atoms with Crippen LogP contribution in [0.4, 0.5) is 14.5 Å². The van der Waals surface area contributed by atoms with Crippen LogP contribution < -0.4 is 16.9 Å². The molecule has 2 aliphatic rings. The van der Waals surface area contributed by atoms with Gasteiger partial charge in [0.25, 0.3) is 11.1 Å². The average Bonchev–Trinajstić information content (AvgIpc) is 4.00. The summed E-state index contributed by atoms with van der Waals surface area (Å²) in [5, 5.41) is 0.446. The number of ether oxygens (including phenoxy) is 2. The molecule has 372 valence electrons. The number of anilines is 1. The Kier molecular flexibility index (Phi) is 16.7. The van der Waals surface area contributed by atoms with Gasteiger partial charge in [-0.2, -0.15) is 0 Å². The molecule has 2 aromatic carbocycles. The molecule has 22 heteroatoms. The van der Waals surface area contributed by atoms with E-state index >= 15 is 0 Å². The molecular formula is C49H44BrCl2F2N5O10S2. The molecule has 0 saturated heterocycles. The Bertz CT molecular complexity index is 3580. The standard InChI is InChI=1S/C25H22ClFN2O5S.C19H20N2O5S.C5H2BrClFN/c1-29-12-21(17-5-4-6-18(17)24(29)30)19-8-15(13-35(3,32)33)20(25(31)34-2)7-14(19)9-23-22(27)10-16(26)11-28-23;1-21-9-16(12-5-4-6-13(12)18(21)22)15-7-11(10-27(3,24)25)14(8-17(15)20)19(23)26-2;6-5-4(8)1-3(7)2-9-5/h4-5,7-8,10-12H,6,9,13H2,1-3H3;4-5,7-9H,6,10,20H2,1-3H3;1-2H. The highest BCUT2D eigenvalue weighted by Gasteiger charge is 2.26. The number of pyridine rings is 4. The minimum absolute atomic E-state index is 0.0111. The van der Waals surface area contributed by atoms with E-state index in [0.717, 1.165) is 24.1 Å². The summed E-state index contributed by atoms with van der Waals surface area (Å²) in [4.78, 5) is 57.3.